The van der Waals surface area contributed by atoms with Gasteiger partial charge in [-0.05, 0) is 32.2 Å². The van der Waals surface area contributed by atoms with Crippen LogP contribution in [0.25, 0.3) is 0 Å². The van der Waals surface area contributed by atoms with E-state index in [4.69, 9.17) is 9.47 Å². The molecule has 1 aliphatic carbocycles. The number of carbonyl (C=O) groups excluding carboxylic acids is 1. The van der Waals surface area contributed by atoms with Crippen molar-refractivity contribution < 1.29 is 14.3 Å². The van der Waals surface area contributed by atoms with Gasteiger partial charge in [0.25, 0.3) is 0 Å². The Bertz CT molecular complexity index is 253. The summed E-state index contributed by atoms with van der Waals surface area (Å²) >= 11 is 0. The van der Waals surface area contributed by atoms with Gasteiger partial charge in [-0.2, -0.15) is 0 Å². The van der Waals surface area contributed by atoms with E-state index in [1.165, 1.54) is 0 Å². The second-order valence-electron chi connectivity index (χ2n) is 5.11. The lowest BCUT2D eigenvalue weighted by atomic mass is 9.90. The predicted octanol–water partition coefficient (Wildman–Crippen LogP) is 1.03. The third kappa shape index (κ3) is 5.89. The minimum Gasteiger partial charge on any atom is -0.382 e. The molecule has 19 heavy (non-hydrogen) atoms. The van der Waals surface area contributed by atoms with Crippen LogP contribution >= 0.6 is 0 Å². The maximum atomic E-state index is 12.0. The molecule has 0 radical (unpaired) electrons. The summed E-state index contributed by atoms with van der Waals surface area (Å²) in [5.74, 6) is 0.0722. The molecule has 0 bridgehead atoms. The molecular weight excluding hydrogens is 244 g/mol. The van der Waals surface area contributed by atoms with Crippen molar-refractivity contribution in [2.45, 2.75) is 44.7 Å². The topological polar surface area (TPSA) is 50.8 Å². The zero-order valence-corrected chi connectivity index (χ0v) is 12.5. The number of methoxy groups -OCH3 is 1. The van der Waals surface area contributed by atoms with Crippen molar-refractivity contribution in [1.82, 2.24) is 10.2 Å². The monoisotopic (exact) mass is 272 g/mol. The number of likely N-dealkylation sites (N-methyl/N-ethyl adjacent to an activating group) is 1. The normalized spacial score (nSPS) is 23.3. The van der Waals surface area contributed by atoms with Crippen molar-refractivity contribution in [3.8, 4) is 0 Å². The molecule has 1 rings (SSSR count). The highest BCUT2D eigenvalue weighted by molar-refractivity contribution is 5.77. The first-order valence-corrected chi connectivity index (χ1v) is 7.24. The summed E-state index contributed by atoms with van der Waals surface area (Å²) < 4.78 is 10.2. The van der Waals surface area contributed by atoms with E-state index < -0.39 is 0 Å². The van der Waals surface area contributed by atoms with Crippen LogP contribution in [0.2, 0.25) is 0 Å². The van der Waals surface area contributed by atoms with E-state index in [2.05, 4.69) is 12.2 Å². The molecule has 5 nitrogen and oxygen atoms in total. The molecule has 1 N–H and O–H groups in total. The number of nitrogens with one attached hydrogen (secondary N) is 1. The summed E-state index contributed by atoms with van der Waals surface area (Å²) in [4.78, 5) is 13.8. The summed E-state index contributed by atoms with van der Waals surface area (Å²) in [6.45, 7) is 4.33. The highest BCUT2D eigenvalue weighted by Gasteiger charge is 2.25. The standard InChI is InChI=1S/C14H28N2O3/c1-4-15-12-5-7-13(8-6-12)16(2)14(17)11-19-10-9-18-3/h12-13,15H,4-11H2,1-3H3. The van der Waals surface area contributed by atoms with Crippen molar-refractivity contribution in [3.05, 3.63) is 0 Å². The Labute approximate surface area is 116 Å². The second kappa shape index (κ2) is 9.28. The second-order valence-corrected chi connectivity index (χ2v) is 5.11. The molecule has 0 aromatic rings. The number of hydrogen-bond donors (Lipinski definition) is 1. The van der Waals surface area contributed by atoms with E-state index in [-0.39, 0.29) is 12.5 Å². The van der Waals surface area contributed by atoms with Crippen LogP contribution in [0.3, 0.4) is 0 Å². The van der Waals surface area contributed by atoms with Gasteiger partial charge in [-0.15, -0.1) is 0 Å². The maximum absolute atomic E-state index is 12.0. The van der Waals surface area contributed by atoms with Gasteiger partial charge in [0.15, 0.2) is 0 Å². The molecule has 5 heteroatoms. The van der Waals surface area contributed by atoms with E-state index in [9.17, 15) is 4.79 Å². The SMILES string of the molecule is CCNC1CCC(N(C)C(=O)COCCOC)CC1. The average molecular weight is 272 g/mol. The zero-order valence-electron chi connectivity index (χ0n) is 12.5. The minimum absolute atomic E-state index is 0.0722. The summed E-state index contributed by atoms with van der Waals surface area (Å²) in [5.41, 5.74) is 0. The van der Waals surface area contributed by atoms with Gasteiger partial charge in [-0.1, -0.05) is 6.92 Å². The van der Waals surface area contributed by atoms with Crippen LogP contribution in [-0.2, 0) is 14.3 Å². The van der Waals surface area contributed by atoms with Crippen molar-refractivity contribution >= 4 is 5.91 Å². The molecular formula is C14H28N2O3. The highest BCUT2D eigenvalue weighted by atomic mass is 16.5. The first-order valence-electron chi connectivity index (χ1n) is 7.24. The van der Waals surface area contributed by atoms with Crippen molar-refractivity contribution in [2.24, 2.45) is 0 Å². The number of carbonyl (C=O) groups is 1. The molecule has 0 aromatic carbocycles. The Kier molecular flexibility index (Phi) is 8.02. The van der Waals surface area contributed by atoms with E-state index in [1.807, 2.05) is 11.9 Å². The first-order chi connectivity index (χ1) is 9.19. The average Bonchev–Trinajstić information content (AvgIpc) is 2.44. The van der Waals surface area contributed by atoms with E-state index >= 15 is 0 Å². The maximum Gasteiger partial charge on any atom is 0.248 e. The summed E-state index contributed by atoms with van der Waals surface area (Å²) in [7, 11) is 3.51. The van der Waals surface area contributed by atoms with E-state index in [0.717, 1.165) is 32.2 Å². The fourth-order valence-corrected chi connectivity index (χ4v) is 2.56. The molecule has 0 aliphatic heterocycles. The Morgan fingerprint density at radius 2 is 1.95 bits per heavy atom. The summed E-state index contributed by atoms with van der Waals surface area (Å²) in [6.07, 6.45) is 4.47. The lowest BCUT2D eigenvalue weighted by molar-refractivity contribution is -0.138. The van der Waals surface area contributed by atoms with Gasteiger partial charge in [0.2, 0.25) is 5.91 Å². The molecule has 0 heterocycles. The molecule has 1 saturated carbocycles. The number of ether oxygens (including phenoxy) is 2. The fraction of sp³-hybridized carbons (Fsp3) is 0.929. The molecule has 0 atom stereocenters. The van der Waals surface area contributed by atoms with Crippen LogP contribution in [0.15, 0.2) is 0 Å². The van der Waals surface area contributed by atoms with Gasteiger partial charge in [0.05, 0.1) is 13.2 Å². The number of nitrogens with zero attached hydrogens (tertiary/aromatic N) is 1. The Morgan fingerprint density at radius 3 is 2.53 bits per heavy atom. The van der Waals surface area contributed by atoms with Crippen molar-refractivity contribution in [1.29, 1.82) is 0 Å². The smallest absolute Gasteiger partial charge is 0.248 e. The van der Waals surface area contributed by atoms with Crippen molar-refractivity contribution in [2.75, 3.05) is 40.5 Å². The fourth-order valence-electron chi connectivity index (χ4n) is 2.56. The molecule has 0 unspecified atom stereocenters. The Hall–Kier alpha value is -0.650. The first kappa shape index (κ1) is 16.4. The Morgan fingerprint density at radius 1 is 1.26 bits per heavy atom. The molecule has 1 aliphatic rings. The summed E-state index contributed by atoms with van der Waals surface area (Å²) in [5, 5.41) is 3.48. The highest BCUT2D eigenvalue weighted by Crippen LogP contribution is 2.22. The van der Waals surface area contributed by atoms with Crippen LogP contribution in [0, 0.1) is 0 Å². The minimum atomic E-state index is 0.0722. The number of amides is 1. The van der Waals surface area contributed by atoms with Gasteiger partial charge in [0, 0.05) is 26.2 Å². The predicted molar refractivity (Wildman–Crippen MR) is 75.2 cm³/mol. The van der Waals surface area contributed by atoms with Gasteiger partial charge in [0.1, 0.15) is 6.61 Å². The van der Waals surface area contributed by atoms with Crippen LogP contribution < -0.4 is 5.32 Å². The number of rotatable bonds is 8. The molecule has 0 saturated heterocycles. The molecule has 1 fully saturated rings. The lowest BCUT2D eigenvalue weighted by Crippen LogP contribution is -2.44. The van der Waals surface area contributed by atoms with E-state index in [0.29, 0.717) is 25.3 Å². The van der Waals surface area contributed by atoms with Gasteiger partial charge < -0.3 is 19.7 Å². The molecule has 112 valence electrons. The largest absolute Gasteiger partial charge is 0.382 e. The van der Waals surface area contributed by atoms with Gasteiger partial charge >= 0.3 is 0 Å². The van der Waals surface area contributed by atoms with Crippen LogP contribution in [0.1, 0.15) is 32.6 Å². The van der Waals surface area contributed by atoms with Crippen LogP contribution in [-0.4, -0.2) is 63.4 Å². The summed E-state index contributed by atoms with van der Waals surface area (Å²) in [6, 6.07) is 0.996. The molecule has 0 spiro atoms. The third-order valence-electron chi connectivity index (χ3n) is 3.79. The quantitative estimate of drug-likeness (QED) is 0.671. The van der Waals surface area contributed by atoms with Crippen LogP contribution in [0.5, 0.6) is 0 Å². The Balaban J connectivity index is 2.22. The molecule has 1 amide bonds. The number of hydrogen-bond acceptors (Lipinski definition) is 4. The van der Waals surface area contributed by atoms with Crippen LogP contribution in [0.4, 0.5) is 0 Å². The van der Waals surface area contributed by atoms with E-state index in [1.54, 1.807) is 7.11 Å². The lowest BCUT2D eigenvalue weighted by Gasteiger charge is -2.35. The molecule has 0 aromatic heterocycles. The third-order valence-corrected chi connectivity index (χ3v) is 3.79. The van der Waals surface area contributed by atoms with Crippen molar-refractivity contribution in [3.63, 3.8) is 0 Å². The zero-order chi connectivity index (χ0) is 14.1. The van der Waals surface area contributed by atoms with Gasteiger partial charge in [-0.25, -0.2) is 0 Å². The van der Waals surface area contributed by atoms with Gasteiger partial charge in [-0.3, -0.25) is 4.79 Å².